The Morgan fingerprint density at radius 2 is 2.32 bits per heavy atom. The van der Waals surface area contributed by atoms with Gasteiger partial charge in [-0.3, -0.25) is 4.79 Å². The maximum absolute atomic E-state index is 12.2. The van der Waals surface area contributed by atoms with E-state index in [1.165, 1.54) is 0 Å². The monoisotopic (exact) mass is 265 g/mol. The molecular formula is C14H19NO4. The van der Waals surface area contributed by atoms with Crippen LogP contribution < -0.4 is 0 Å². The second-order valence-corrected chi connectivity index (χ2v) is 5.48. The summed E-state index contributed by atoms with van der Waals surface area (Å²) in [7, 11) is 1.73. The number of nitrogens with zero attached hydrogens (tertiary/aromatic N) is 1. The van der Waals surface area contributed by atoms with Gasteiger partial charge in [-0.25, -0.2) is 0 Å². The van der Waals surface area contributed by atoms with E-state index in [2.05, 4.69) is 0 Å². The quantitative estimate of drug-likeness (QED) is 0.815. The summed E-state index contributed by atoms with van der Waals surface area (Å²) in [5, 5.41) is 0. The summed E-state index contributed by atoms with van der Waals surface area (Å²) >= 11 is 0. The number of rotatable bonds is 2. The van der Waals surface area contributed by atoms with E-state index in [-0.39, 0.29) is 17.6 Å². The predicted molar refractivity (Wildman–Crippen MR) is 68.1 cm³/mol. The Morgan fingerprint density at radius 3 is 2.95 bits per heavy atom. The van der Waals surface area contributed by atoms with Crippen LogP contribution >= 0.6 is 0 Å². The summed E-state index contributed by atoms with van der Waals surface area (Å²) in [5.41, 5.74) is 0.681. The van der Waals surface area contributed by atoms with Gasteiger partial charge in [-0.1, -0.05) is 0 Å². The number of carbonyl (C=O) groups is 1. The maximum Gasteiger partial charge on any atom is 0.290 e. The van der Waals surface area contributed by atoms with Crippen molar-refractivity contribution in [3.63, 3.8) is 0 Å². The lowest BCUT2D eigenvalue weighted by molar-refractivity contribution is -0.182. The molecule has 0 aromatic carbocycles. The molecule has 1 spiro atoms. The fourth-order valence-electron chi connectivity index (χ4n) is 2.93. The zero-order valence-electron chi connectivity index (χ0n) is 11.3. The van der Waals surface area contributed by atoms with E-state index < -0.39 is 0 Å². The minimum atomic E-state index is -0.199. The Hall–Kier alpha value is -1.33. The Labute approximate surface area is 112 Å². The van der Waals surface area contributed by atoms with Crippen molar-refractivity contribution in [3.05, 3.63) is 23.7 Å². The van der Waals surface area contributed by atoms with E-state index in [4.69, 9.17) is 13.9 Å². The van der Waals surface area contributed by atoms with Gasteiger partial charge >= 0.3 is 0 Å². The molecule has 1 aromatic heterocycles. The molecule has 3 rings (SSSR count). The Morgan fingerprint density at radius 1 is 1.53 bits per heavy atom. The summed E-state index contributed by atoms with van der Waals surface area (Å²) in [6, 6.07) is 1.81. The molecule has 5 nitrogen and oxygen atoms in total. The third-order valence-electron chi connectivity index (χ3n) is 4.08. The van der Waals surface area contributed by atoms with Gasteiger partial charge in [-0.2, -0.15) is 0 Å². The van der Waals surface area contributed by atoms with Crippen LogP contribution in [0.5, 0.6) is 0 Å². The molecule has 2 saturated heterocycles. The van der Waals surface area contributed by atoms with Crippen LogP contribution in [0, 0.1) is 6.92 Å². The second-order valence-electron chi connectivity index (χ2n) is 5.48. The van der Waals surface area contributed by atoms with Gasteiger partial charge in [-0.05, 0) is 19.4 Å². The molecule has 1 amide bonds. The largest absolute Gasteiger partial charge is 0.459 e. The zero-order chi connectivity index (χ0) is 13.5. The first kappa shape index (κ1) is 12.7. The lowest BCUT2D eigenvalue weighted by Crippen LogP contribution is -2.67. The molecule has 2 aliphatic rings. The number of hydrogen-bond acceptors (Lipinski definition) is 4. The van der Waals surface area contributed by atoms with E-state index in [9.17, 15) is 4.79 Å². The van der Waals surface area contributed by atoms with Crippen LogP contribution in [0.3, 0.4) is 0 Å². The maximum atomic E-state index is 12.2. The molecule has 19 heavy (non-hydrogen) atoms. The molecule has 0 radical (unpaired) electrons. The van der Waals surface area contributed by atoms with Crippen molar-refractivity contribution < 1.29 is 18.7 Å². The number of carbonyl (C=O) groups excluding carboxylic acids is 1. The molecule has 0 N–H and O–H groups in total. The number of hydrogen-bond donors (Lipinski definition) is 0. The summed E-state index contributed by atoms with van der Waals surface area (Å²) in [5.74, 6) is 0.394. The van der Waals surface area contributed by atoms with Crippen molar-refractivity contribution in [2.75, 3.05) is 26.8 Å². The van der Waals surface area contributed by atoms with E-state index in [0.717, 1.165) is 18.4 Å². The van der Waals surface area contributed by atoms with Gasteiger partial charge in [-0.15, -0.1) is 0 Å². The summed E-state index contributed by atoms with van der Waals surface area (Å²) in [6.45, 7) is 3.85. The highest BCUT2D eigenvalue weighted by atomic mass is 16.5. The Kier molecular flexibility index (Phi) is 3.11. The molecule has 0 aliphatic carbocycles. The Bertz CT molecular complexity index is 476. The number of ether oxygens (including phenoxy) is 2. The molecule has 5 heteroatoms. The van der Waals surface area contributed by atoms with Crippen LogP contribution in [0.4, 0.5) is 0 Å². The van der Waals surface area contributed by atoms with Crippen LogP contribution in [-0.4, -0.2) is 49.3 Å². The number of likely N-dealkylation sites (tertiary alicyclic amines) is 1. The lowest BCUT2D eigenvalue weighted by Gasteiger charge is -2.52. The molecule has 2 aliphatic heterocycles. The first-order chi connectivity index (χ1) is 9.13. The fourth-order valence-corrected chi connectivity index (χ4v) is 2.93. The van der Waals surface area contributed by atoms with Crippen LogP contribution in [-0.2, 0) is 9.47 Å². The molecule has 0 bridgehead atoms. The zero-order valence-corrected chi connectivity index (χ0v) is 11.3. The van der Waals surface area contributed by atoms with Gasteiger partial charge in [0, 0.05) is 25.7 Å². The molecule has 3 heterocycles. The van der Waals surface area contributed by atoms with Crippen molar-refractivity contribution >= 4 is 5.91 Å². The third-order valence-corrected chi connectivity index (χ3v) is 4.08. The van der Waals surface area contributed by atoms with Gasteiger partial charge in [0.15, 0.2) is 5.76 Å². The first-order valence-corrected chi connectivity index (χ1v) is 6.64. The van der Waals surface area contributed by atoms with Gasteiger partial charge in [0.25, 0.3) is 5.91 Å². The first-order valence-electron chi connectivity index (χ1n) is 6.64. The van der Waals surface area contributed by atoms with E-state index in [1.54, 1.807) is 24.3 Å². The standard InChI is InChI=1S/C14H19NO4/c1-10-3-5-18-12(10)13(16)15-8-14(9-15)7-11(17-2)4-6-19-14/h3,5,11H,4,6-9H2,1-2H3/t11-/m1/s1. The Balaban J connectivity index is 1.63. The normalized spacial score (nSPS) is 25.4. The minimum absolute atomic E-state index is 0.0451. The minimum Gasteiger partial charge on any atom is -0.459 e. The van der Waals surface area contributed by atoms with Crippen molar-refractivity contribution in [2.24, 2.45) is 0 Å². The van der Waals surface area contributed by atoms with Gasteiger partial charge in [0.2, 0.25) is 0 Å². The summed E-state index contributed by atoms with van der Waals surface area (Å²) < 4.78 is 16.5. The van der Waals surface area contributed by atoms with Crippen LogP contribution in [0.15, 0.2) is 16.7 Å². The van der Waals surface area contributed by atoms with Crippen molar-refractivity contribution in [1.29, 1.82) is 0 Å². The van der Waals surface area contributed by atoms with Gasteiger partial charge in [0.05, 0.1) is 25.5 Å². The molecular weight excluding hydrogens is 246 g/mol. The molecule has 0 unspecified atom stereocenters. The number of methoxy groups -OCH3 is 1. The average Bonchev–Trinajstić information content (AvgIpc) is 2.81. The lowest BCUT2D eigenvalue weighted by atomic mass is 9.84. The van der Waals surface area contributed by atoms with E-state index in [0.29, 0.717) is 25.5 Å². The predicted octanol–water partition coefficient (Wildman–Crippen LogP) is 1.61. The van der Waals surface area contributed by atoms with Crippen LogP contribution in [0.1, 0.15) is 29.0 Å². The highest BCUT2D eigenvalue weighted by molar-refractivity contribution is 5.93. The van der Waals surface area contributed by atoms with E-state index in [1.807, 2.05) is 6.92 Å². The van der Waals surface area contributed by atoms with Crippen molar-refractivity contribution in [2.45, 2.75) is 31.5 Å². The summed E-state index contributed by atoms with van der Waals surface area (Å²) in [4.78, 5) is 14.0. The highest BCUT2D eigenvalue weighted by Crippen LogP contribution is 2.36. The number of furan rings is 1. The highest BCUT2D eigenvalue weighted by Gasteiger charge is 2.50. The topological polar surface area (TPSA) is 51.9 Å². The van der Waals surface area contributed by atoms with Crippen molar-refractivity contribution in [3.8, 4) is 0 Å². The van der Waals surface area contributed by atoms with Crippen LogP contribution in [0.25, 0.3) is 0 Å². The number of amides is 1. The van der Waals surface area contributed by atoms with Crippen molar-refractivity contribution in [1.82, 2.24) is 4.90 Å². The van der Waals surface area contributed by atoms with Crippen LogP contribution in [0.2, 0.25) is 0 Å². The average molecular weight is 265 g/mol. The molecule has 104 valence electrons. The number of aryl methyl sites for hydroxylation is 1. The fraction of sp³-hybridized carbons (Fsp3) is 0.643. The molecule has 2 fully saturated rings. The van der Waals surface area contributed by atoms with Gasteiger partial charge < -0.3 is 18.8 Å². The molecule has 0 saturated carbocycles. The molecule has 1 aromatic rings. The SMILES string of the molecule is CO[C@@H]1CCOC2(C1)CN(C(=O)c1occc1C)C2. The van der Waals surface area contributed by atoms with Gasteiger partial charge in [0.1, 0.15) is 5.60 Å². The second kappa shape index (κ2) is 4.65. The summed E-state index contributed by atoms with van der Waals surface area (Å²) in [6.07, 6.45) is 3.60. The third kappa shape index (κ3) is 2.17. The molecule has 1 atom stereocenters. The smallest absolute Gasteiger partial charge is 0.290 e. The van der Waals surface area contributed by atoms with E-state index >= 15 is 0 Å².